The average Bonchev–Trinajstić information content (AvgIpc) is 3.68. The maximum absolute atomic E-state index is 13.3. The average molecular weight is 652 g/mol. The predicted molar refractivity (Wildman–Crippen MR) is 174 cm³/mol. The topological polar surface area (TPSA) is 76.4 Å². The molecule has 43 heavy (non-hydrogen) atoms. The van der Waals surface area contributed by atoms with E-state index in [1.165, 1.54) is 23.1 Å². The third-order valence-corrected chi connectivity index (χ3v) is 9.63. The highest BCUT2D eigenvalue weighted by atomic mass is 35.5. The van der Waals surface area contributed by atoms with Crippen LogP contribution in [0.25, 0.3) is 17.1 Å². The number of para-hydroxylation sites is 3. The number of amides is 1. The molecule has 0 atom stereocenters. The van der Waals surface area contributed by atoms with Crippen LogP contribution >= 0.6 is 46.3 Å². The maximum atomic E-state index is 13.3. The molecule has 0 aliphatic carbocycles. The molecule has 1 amide bonds. The fraction of sp³-hybridized carbons (Fsp3) is 0.226. The summed E-state index contributed by atoms with van der Waals surface area (Å²) in [4.78, 5) is 22.2. The van der Waals surface area contributed by atoms with Gasteiger partial charge in [-0.15, -0.1) is 21.5 Å². The highest BCUT2D eigenvalue weighted by molar-refractivity contribution is 7.98. The number of benzene rings is 3. The molecule has 5 aromatic rings. The van der Waals surface area contributed by atoms with E-state index in [2.05, 4.69) is 26.1 Å². The van der Waals surface area contributed by atoms with Crippen LogP contribution in [0, 0.1) is 0 Å². The molecule has 1 saturated heterocycles. The van der Waals surface area contributed by atoms with Crippen molar-refractivity contribution in [1.82, 2.24) is 24.6 Å². The smallest absolute Gasteiger partial charge is 0.273 e. The molecular formula is C31H28Cl2N6O2S2. The number of anilines is 1. The summed E-state index contributed by atoms with van der Waals surface area (Å²) in [7, 11) is 0. The minimum Gasteiger partial charge on any atom is -0.492 e. The summed E-state index contributed by atoms with van der Waals surface area (Å²) >= 11 is 16.1. The van der Waals surface area contributed by atoms with E-state index in [9.17, 15) is 4.79 Å². The molecule has 6 rings (SSSR count). The van der Waals surface area contributed by atoms with Crippen LogP contribution in [-0.2, 0) is 5.75 Å². The van der Waals surface area contributed by atoms with Crippen molar-refractivity contribution in [1.29, 1.82) is 0 Å². The Morgan fingerprint density at radius 1 is 0.907 bits per heavy atom. The fourth-order valence-electron chi connectivity index (χ4n) is 4.94. The third kappa shape index (κ3) is 6.38. The van der Waals surface area contributed by atoms with E-state index >= 15 is 0 Å². The van der Waals surface area contributed by atoms with Crippen LogP contribution in [0.2, 0.25) is 10.0 Å². The van der Waals surface area contributed by atoms with Crippen LogP contribution in [0.1, 0.15) is 22.4 Å². The van der Waals surface area contributed by atoms with Gasteiger partial charge < -0.3 is 14.5 Å². The van der Waals surface area contributed by atoms with E-state index in [0.717, 1.165) is 40.8 Å². The highest BCUT2D eigenvalue weighted by Crippen LogP contribution is 2.35. The van der Waals surface area contributed by atoms with Gasteiger partial charge in [0.15, 0.2) is 11.0 Å². The zero-order valence-corrected chi connectivity index (χ0v) is 26.5. The second-order valence-electron chi connectivity index (χ2n) is 9.67. The van der Waals surface area contributed by atoms with Crippen LogP contribution < -0.4 is 9.64 Å². The second-order valence-corrected chi connectivity index (χ2v) is 12.4. The molecule has 1 aliphatic rings. The largest absolute Gasteiger partial charge is 0.492 e. The van der Waals surface area contributed by atoms with Crippen LogP contribution in [-0.4, -0.2) is 63.3 Å². The molecular weight excluding hydrogens is 623 g/mol. The lowest BCUT2D eigenvalue weighted by atomic mass is 10.2. The van der Waals surface area contributed by atoms with E-state index < -0.39 is 0 Å². The summed E-state index contributed by atoms with van der Waals surface area (Å²) in [6.45, 7) is 5.29. The zero-order valence-electron chi connectivity index (χ0n) is 23.3. The number of aromatic nitrogens is 4. The Hall–Kier alpha value is -3.57. The molecule has 1 aliphatic heterocycles. The molecule has 3 heterocycles. The molecule has 0 spiro atoms. The number of carbonyl (C=O) groups is 1. The number of hydrogen-bond donors (Lipinski definition) is 0. The summed E-state index contributed by atoms with van der Waals surface area (Å²) < 4.78 is 7.72. The van der Waals surface area contributed by atoms with Crippen LogP contribution in [0.3, 0.4) is 0 Å². The summed E-state index contributed by atoms with van der Waals surface area (Å²) in [6.07, 6.45) is 0. The van der Waals surface area contributed by atoms with Crippen molar-refractivity contribution in [2.45, 2.75) is 17.8 Å². The molecule has 3 aromatic carbocycles. The first-order chi connectivity index (χ1) is 21.0. The van der Waals surface area contributed by atoms with Gasteiger partial charge >= 0.3 is 0 Å². The Kier molecular flexibility index (Phi) is 9.18. The van der Waals surface area contributed by atoms with Crippen molar-refractivity contribution in [3.63, 3.8) is 0 Å². The van der Waals surface area contributed by atoms with Gasteiger partial charge in [-0.2, -0.15) is 0 Å². The van der Waals surface area contributed by atoms with Gasteiger partial charge in [0.1, 0.15) is 16.5 Å². The SMILES string of the molecule is CCOc1ccccc1N1CCN(C(=O)c2csc(CSc3nnc(-c4ccccc4Cl)n3-c3ccccc3Cl)n2)CC1. The lowest BCUT2D eigenvalue weighted by Crippen LogP contribution is -2.49. The molecule has 1 fully saturated rings. The van der Waals surface area contributed by atoms with Gasteiger partial charge in [0.25, 0.3) is 5.91 Å². The first-order valence-electron chi connectivity index (χ1n) is 13.8. The number of piperazine rings is 1. The Morgan fingerprint density at radius 3 is 2.35 bits per heavy atom. The first-order valence-corrected chi connectivity index (χ1v) is 16.4. The molecule has 0 unspecified atom stereocenters. The lowest BCUT2D eigenvalue weighted by Gasteiger charge is -2.36. The van der Waals surface area contributed by atoms with Gasteiger partial charge in [0.05, 0.1) is 33.8 Å². The number of thioether (sulfide) groups is 1. The minimum absolute atomic E-state index is 0.0505. The molecule has 0 saturated carbocycles. The number of nitrogens with zero attached hydrogens (tertiary/aromatic N) is 6. The number of hydrogen-bond acceptors (Lipinski definition) is 8. The van der Waals surface area contributed by atoms with Gasteiger partial charge in [0.2, 0.25) is 0 Å². The van der Waals surface area contributed by atoms with Crippen molar-refractivity contribution in [3.8, 4) is 22.8 Å². The predicted octanol–water partition coefficient (Wildman–Crippen LogP) is 7.35. The molecule has 8 nitrogen and oxygen atoms in total. The van der Waals surface area contributed by atoms with Crippen molar-refractivity contribution in [3.05, 3.63) is 98.9 Å². The quantitative estimate of drug-likeness (QED) is 0.154. The van der Waals surface area contributed by atoms with Crippen LogP contribution in [0.4, 0.5) is 5.69 Å². The fourth-order valence-corrected chi connectivity index (χ4v) is 7.11. The highest BCUT2D eigenvalue weighted by Gasteiger charge is 2.26. The third-order valence-electron chi connectivity index (χ3n) is 7.01. The number of carbonyl (C=O) groups excluding carboxylic acids is 1. The van der Waals surface area contributed by atoms with Gasteiger partial charge in [-0.25, -0.2) is 4.98 Å². The second kappa shape index (κ2) is 13.4. The van der Waals surface area contributed by atoms with Gasteiger partial charge in [-0.3, -0.25) is 9.36 Å². The van der Waals surface area contributed by atoms with Crippen LogP contribution in [0.5, 0.6) is 5.75 Å². The summed E-state index contributed by atoms with van der Waals surface area (Å²) in [5, 5.41) is 13.4. The summed E-state index contributed by atoms with van der Waals surface area (Å²) in [5.74, 6) is 1.94. The Bertz CT molecular complexity index is 1730. The monoisotopic (exact) mass is 650 g/mol. The van der Waals surface area contributed by atoms with E-state index in [-0.39, 0.29) is 5.91 Å². The number of rotatable bonds is 9. The van der Waals surface area contributed by atoms with Crippen molar-refractivity contribution in [2.24, 2.45) is 0 Å². The van der Waals surface area contributed by atoms with Crippen molar-refractivity contribution in [2.75, 3.05) is 37.7 Å². The Morgan fingerprint density at radius 2 is 1.60 bits per heavy atom. The zero-order chi connectivity index (χ0) is 29.8. The summed E-state index contributed by atoms with van der Waals surface area (Å²) in [5.41, 5.74) is 3.04. The maximum Gasteiger partial charge on any atom is 0.273 e. The lowest BCUT2D eigenvalue weighted by molar-refractivity contribution is 0.0741. The summed E-state index contributed by atoms with van der Waals surface area (Å²) in [6, 6.07) is 23.1. The number of thiazole rings is 1. The number of ether oxygens (including phenoxy) is 1. The standard InChI is InChI=1S/C31H28Cl2N6O2S2/c1-2-41-27-14-8-7-13-26(27)37-15-17-38(18-16-37)30(40)24-19-42-28(34-24)20-43-31-36-35-29(21-9-3-4-10-22(21)32)39(31)25-12-6-5-11-23(25)33/h3-14,19H,2,15-18,20H2,1H3. The normalized spacial score (nSPS) is 13.4. The minimum atomic E-state index is -0.0505. The molecule has 2 aromatic heterocycles. The molecule has 0 N–H and O–H groups in total. The van der Waals surface area contributed by atoms with Crippen molar-refractivity contribution < 1.29 is 9.53 Å². The van der Waals surface area contributed by atoms with E-state index in [1.807, 2.05) is 88.5 Å². The van der Waals surface area contributed by atoms with E-state index in [4.69, 9.17) is 27.9 Å². The molecule has 0 bridgehead atoms. The molecule has 0 radical (unpaired) electrons. The van der Waals surface area contributed by atoms with E-state index in [0.29, 0.717) is 52.2 Å². The van der Waals surface area contributed by atoms with Crippen molar-refractivity contribution >= 4 is 57.9 Å². The number of halogens is 2. The van der Waals surface area contributed by atoms with Gasteiger partial charge in [-0.1, -0.05) is 71.4 Å². The Balaban J connectivity index is 1.15. The van der Waals surface area contributed by atoms with Gasteiger partial charge in [-0.05, 0) is 43.3 Å². The Labute approximate surface area is 268 Å². The van der Waals surface area contributed by atoms with E-state index in [1.54, 1.807) is 0 Å². The molecule has 12 heteroatoms. The van der Waals surface area contributed by atoms with Crippen LogP contribution in [0.15, 0.2) is 83.3 Å². The molecule has 220 valence electrons. The van der Waals surface area contributed by atoms with Gasteiger partial charge in [0, 0.05) is 37.1 Å². The first kappa shape index (κ1) is 29.5.